The van der Waals surface area contributed by atoms with Crippen LogP contribution in [0.4, 0.5) is 9.18 Å². The maximum atomic E-state index is 13.9. The molecule has 2 aromatic carbocycles. The molecule has 3 amide bonds. The van der Waals surface area contributed by atoms with Gasteiger partial charge in [0.05, 0.1) is 26.3 Å². The van der Waals surface area contributed by atoms with E-state index in [1.54, 1.807) is 33.3 Å². The fraction of sp³-hybridized carbons (Fsp3) is 0.500. The fourth-order valence-corrected chi connectivity index (χ4v) is 6.39. The first kappa shape index (κ1) is 29.4. The molecule has 2 fully saturated rings. The number of aryl methyl sites for hydroxylation is 1. The smallest absolute Gasteiger partial charge is 0.325 e. The molecule has 3 aliphatic rings. The number of nitrogens with zero attached hydrogens (tertiary/aromatic N) is 3. The van der Waals surface area contributed by atoms with Gasteiger partial charge >= 0.3 is 6.03 Å². The number of piperidine rings is 1. The number of benzene rings is 2. The summed E-state index contributed by atoms with van der Waals surface area (Å²) in [4.78, 5) is 32.9. The van der Waals surface area contributed by atoms with Crippen LogP contribution >= 0.6 is 0 Å². The average Bonchev–Trinajstić information content (AvgIpc) is 3.16. The van der Waals surface area contributed by atoms with Crippen molar-refractivity contribution < 1.29 is 23.5 Å². The van der Waals surface area contributed by atoms with E-state index >= 15 is 0 Å². The van der Waals surface area contributed by atoms with Gasteiger partial charge in [-0.1, -0.05) is 26.8 Å². The molecule has 0 aromatic heterocycles. The third-order valence-electron chi connectivity index (χ3n) is 8.37. The van der Waals surface area contributed by atoms with Crippen molar-refractivity contribution >= 4 is 11.9 Å². The lowest BCUT2D eigenvalue weighted by Crippen LogP contribution is -2.54. The third-order valence-corrected chi connectivity index (χ3v) is 8.37. The number of carbonyl (C=O) groups excluding carboxylic acids is 2. The minimum Gasteiger partial charge on any atom is -0.497 e. The first-order valence-corrected chi connectivity index (χ1v) is 14.3. The SMILES string of the molecule is CC.CCN1C(=O)N2Cc3cc(OC)cc(OC)c3C[C@@H](C)/C=C\2C12CCN(C(=O)c1ccc(F)c(C)c1)CC2. The minimum absolute atomic E-state index is 0.00507. The van der Waals surface area contributed by atoms with Crippen LogP contribution in [0.2, 0.25) is 0 Å². The number of methoxy groups -OCH3 is 2. The lowest BCUT2D eigenvalue weighted by molar-refractivity contribution is 0.0575. The van der Waals surface area contributed by atoms with Crippen LogP contribution in [-0.2, 0) is 13.0 Å². The van der Waals surface area contributed by atoms with Crippen molar-refractivity contribution in [3.05, 3.63) is 70.2 Å². The first-order chi connectivity index (χ1) is 19.2. The normalized spacial score (nSPS) is 20.9. The van der Waals surface area contributed by atoms with Crippen LogP contribution in [0.25, 0.3) is 0 Å². The molecule has 0 unspecified atom stereocenters. The quantitative estimate of drug-likeness (QED) is 0.455. The molecule has 5 rings (SSSR count). The van der Waals surface area contributed by atoms with E-state index in [4.69, 9.17) is 9.47 Å². The molecule has 0 radical (unpaired) electrons. The standard InChI is InChI=1S/C30H36FN3O4.C2H6/c1-6-34-29(36)33-18-22-16-23(37-4)17-26(38-5)24(22)13-19(2)14-27(33)30(34)9-11-32(12-10-30)28(35)21-7-8-25(31)20(3)15-21;1-2/h7-8,14-17,19H,6,9-13,18H2,1-5H3;1-2H3/b27-14-;/t19-;/m1./s1. The van der Waals surface area contributed by atoms with E-state index in [0.29, 0.717) is 55.9 Å². The fourth-order valence-electron chi connectivity index (χ4n) is 6.39. The monoisotopic (exact) mass is 551 g/mol. The molecule has 0 N–H and O–H groups in total. The van der Waals surface area contributed by atoms with E-state index in [-0.39, 0.29) is 23.7 Å². The van der Waals surface area contributed by atoms with Gasteiger partial charge in [-0.3, -0.25) is 9.69 Å². The Bertz CT molecular complexity index is 1300. The summed E-state index contributed by atoms with van der Waals surface area (Å²) in [5.41, 5.74) is 3.66. The number of hydrogen-bond acceptors (Lipinski definition) is 4. The molecule has 7 nitrogen and oxygen atoms in total. The minimum atomic E-state index is -0.462. The van der Waals surface area contributed by atoms with Crippen molar-refractivity contribution in [2.75, 3.05) is 33.9 Å². The number of urea groups is 1. The molecule has 2 saturated heterocycles. The van der Waals surface area contributed by atoms with Gasteiger partial charge in [0.25, 0.3) is 5.91 Å². The summed E-state index contributed by atoms with van der Waals surface area (Å²) < 4.78 is 25.0. The lowest BCUT2D eigenvalue weighted by Gasteiger charge is -2.44. The van der Waals surface area contributed by atoms with E-state index in [2.05, 4.69) is 13.0 Å². The molecule has 2 aromatic rings. The van der Waals surface area contributed by atoms with Crippen LogP contribution in [0, 0.1) is 18.7 Å². The van der Waals surface area contributed by atoms with Crippen LogP contribution in [0.15, 0.2) is 42.1 Å². The van der Waals surface area contributed by atoms with Gasteiger partial charge in [0.1, 0.15) is 17.3 Å². The van der Waals surface area contributed by atoms with Crippen molar-refractivity contribution in [3.63, 3.8) is 0 Å². The second-order valence-corrected chi connectivity index (χ2v) is 10.6. The summed E-state index contributed by atoms with van der Waals surface area (Å²) in [6, 6.07) is 8.41. The Kier molecular flexibility index (Phi) is 8.76. The molecule has 8 heteroatoms. The summed E-state index contributed by atoms with van der Waals surface area (Å²) in [7, 11) is 3.30. The highest BCUT2D eigenvalue weighted by Crippen LogP contribution is 2.47. The number of amides is 3. The Morgan fingerprint density at radius 2 is 1.80 bits per heavy atom. The van der Waals surface area contributed by atoms with E-state index < -0.39 is 5.54 Å². The number of ether oxygens (including phenoxy) is 2. The summed E-state index contributed by atoms with van der Waals surface area (Å²) in [5.74, 6) is 1.25. The summed E-state index contributed by atoms with van der Waals surface area (Å²) in [6.45, 7) is 11.9. The van der Waals surface area contributed by atoms with Crippen LogP contribution in [-0.4, -0.2) is 66.0 Å². The van der Waals surface area contributed by atoms with Gasteiger partial charge in [-0.05, 0) is 80.0 Å². The van der Waals surface area contributed by atoms with Gasteiger partial charge in [-0.15, -0.1) is 0 Å². The third kappa shape index (κ3) is 5.04. The highest BCUT2D eigenvalue weighted by Gasteiger charge is 2.54. The summed E-state index contributed by atoms with van der Waals surface area (Å²) >= 11 is 0. The zero-order valence-electron chi connectivity index (χ0n) is 24.8. The molecule has 40 heavy (non-hydrogen) atoms. The van der Waals surface area contributed by atoms with Crippen LogP contribution in [0.5, 0.6) is 11.5 Å². The number of carbonyl (C=O) groups is 2. The lowest BCUT2D eigenvalue weighted by atomic mass is 9.80. The number of halogens is 1. The van der Waals surface area contributed by atoms with Gasteiger partial charge in [0.15, 0.2) is 0 Å². The summed E-state index contributed by atoms with van der Waals surface area (Å²) in [6.07, 6.45) is 4.36. The average molecular weight is 552 g/mol. The Morgan fingerprint density at radius 1 is 1.10 bits per heavy atom. The van der Waals surface area contributed by atoms with Crippen molar-refractivity contribution in [1.29, 1.82) is 0 Å². The predicted octanol–water partition coefficient (Wildman–Crippen LogP) is 6.19. The van der Waals surface area contributed by atoms with Gasteiger partial charge in [-0.2, -0.15) is 0 Å². The molecular formula is C32H42FN3O4. The Hall–Kier alpha value is -3.55. The number of likely N-dealkylation sites (N-methyl/N-ethyl adjacent to an activating group) is 1. The number of likely N-dealkylation sites (tertiary alicyclic amines) is 1. The molecule has 216 valence electrons. The molecule has 1 atom stereocenters. The predicted molar refractivity (Wildman–Crippen MR) is 154 cm³/mol. The van der Waals surface area contributed by atoms with Crippen molar-refractivity contribution in [2.45, 2.75) is 66.0 Å². The first-order valence-electron chi connectivity index (χ1n) is 14.3. The topological polar surface area (TPSA) is 62.3 Å². The van der Waals surface area contributed by atoms with E-state index in [1.807, 2.05) is 47.6 Å². The van der Waals surface area contributed by atoms with Crippen LogP contribution in [0.1, 0.15) is 67.6 Å². The number of hydrogen-bond donors (Lipinski definition) is 0. The zero-order chi connectivity index (χ0) is 29.2. The maximum absolute atomic E-state index is 13.9. The largest absolute Gasteiger partial charge is 0.497 e. The summed E-state index contributed by atoms with van der Waals surface area (Å²) in [5, 5.41) is 0. The van der Waals surface area contributed by atoms with Gasteiger partial charge in [0, 0.05) is 37.0 Å². The molecule has 1 spiro atoms. The van der Waals surface area contributed by atoms with Crippen LogP contribution in [0.3, 0.4) is 0 Å². The number of allylic oxidation sites excluding steroid dienone is 1. The highest BCUT2D eigenvalue weighted by molar-refractivity contribution is 5.94. The number of fused-ring (bicyclic) bond motifs is 3. The van der Waals surface area contributed by atoms with Gasteiger partial charge < -0.3 is 19.3 Å². The second kappa shape index (κ2) is 11.9. The Labute approximate surface area is 237 Å². The molecule has 3 aliphatic heterocycles. The van der Waals surface area contributed by atoms with Gasteiger partial charge in [-0.25, -0.2) is 9.18 Å². The van der Waals surface area contributed by atoms with Crippen molar-refractivity contribution in [3.8, 4) is 11.5 Å². The zero-order valence-corrected chi connectivity index (χ0v) is 24.8. The molecule has 0 aliphatic carbocycles. The van der Waals surface area contributed by atoms with Crippen LogP contribution < -0.4 is 9.47 Å². The van der Waals surface area contributed by atoms with E-state index in [0.717, 1.165) is 29.0 Å². The van der Waals surface area contributed by atoms with Crippen molar-refractivity contribution in [1.82, 2.24) is 14.7 Å². The molecular weight excluding hydrogens is 509 g/mol. The molecule has 3 heterocycles. The van der Waals surface area contributed by atoms with E-state index in [1.165, 1.54) is 6.07 Å². The van der Waals surface area contributed by atoms with Crippen molar-refractivity contribution in [2.24, 2.45) is 5.92 Å². The number of rotatable bonds is 4. The Morgan fingerprint density at radius 3 is 2.40 bits per heavy atom. The highest BCUT2D eigenvalue weighted by atomic mass is 19.1. The Balaban J connectivity index is 0.00000181. The molecule has 0 saturated carbocycles. The molecule has 0 bridgehead atoms. The second-order valence-electron chi connectivity index (χ2n) is 10.6. The van der Waals surface area contributed by atoms with E-state index in [9.17, 15) is 14.0 Å². The maximum Gasteiger partial charge on any atom is 0.325 e. The van der Waals surface area contributed by atoms with Gasteiger partial charge in [0.2, 0.25) is 0 Å².